The number of rotatable bonds is 4. The zero-order chi connectivity index (χ0) is 17.9. The van der Waals surface area contributed by atoms with E-state index in [2.05, 4.69) is 15.0 Å². The average molecular weight is 357 g/mol. The minimum absolute atomic E-state index is 0.0872. The zero-order valence-electron chi connectivity index (χ0n) is 13.8. The van der Waals surface area contributed by atoms with E-state index in [1.54, 1.807) is 30.3 Å². The van der Waals surface area contributed by atoms with Gasteiger partial charge in [0.2, 0.25) is 0 Å². The van der Waals surface area contributed by atoms with Gasteiger partial charge in [0.15, 0.2) is 0 Å². The summed E-state index contributed by atoms with van der Waals surface area (Å²) in [6.45, 7) is 2.55. The topological polar surface area (TPSA) is 87.6 Å². The SMILES string of the molecule is Cc1cccc(C(=O)Nc2cccc(S(=O)(=O)NC3=NCCC3)c2)c1. The third-order valence-electron chi connectivity index (χ3n) is 3.81. The van der Waals surface area contributed by atoms with E-state index in [0.29, 0.717) is 30.1 Å². The van der Waals surface area contributed by atoms with Crippen molar-refractivity contribution in [3.05, 3.63) is 59.7 Å². The van der Waals surface area contributed by atoms with Crippen LogP contribution in [0.1, 0.15) is 28.8 Å². The first-order valence-electron chi connectivity index (χ1n) is 7.98. The first-order valence-corrected chi connectivity index (χ1v) is 9.46. The first-order chi connectivity index (χ1) is 11.9. The molecular weight excluding hydrogens is 338 g/mol. The highest BCUT2D eigenvalue weighted by atomic mass is 32.2. The summed E-state index contributed by atoms with van der Waals surface area (Å²) in [7, 11) is -3.71. The molecule has 1 amide bonds. The third kappa shape index (κ3) is 4.24. The lowest BCUT2D eigenvalue weighted by atomic mass is 10.1. The Morgan fingerprint density at radius 3 is 2.64 bits per heavy atom. The standard InChI is InChI=1S/C18H19N3O3S/c1-13-5-2-6-14(11-13)18(22)20-15-7-3-8-16(12-15)25(23,24)21-17-9-4-10-19-17/h2-3,5-8,11-12H,4,9-10H2,1H3,(H,19,21)(H,20,22). The Bertz CT molecular complexity index is 936. The summed E-state index contributed by atoms with van der Waals surface area (Å²) in [5, 5.41) is 2.73. The van der Waals surface area contributed by atoms with Gasteiger partial charge in [-0.1, -0.05) is 23.8 Å². The second-order valence-electron chi connectivity index (χ2n) is 5.89. The maximum atomic E-state index is 12.4. The minimum atomic E-state index is -3.71. The number of carbonyl (C=O) groups excluding carboxylic acids is 1. The van der Waals surface area contributed by atoms with E-state index in [0.717, 1.165) is 12.0 Å². The van der Waals surface area contributed by atoms with Gasteiger partial charge in [0.1, 0.15) is 5.84 Å². The smallest absolute Gasteiger partial charge is 0.262 e. The Balaban J connectivity index is 1.78. The quantitative estimate of drug-likeness (QED) is 0.882. The van der Waals surface area contributed by atoms with Gasteiger partial charge in [0.05, 0.1) is 4.90 Å². The highest BCUT2D eigenvalue weighted by molar-refractivity contribution is 7.90. The van der Waals surface area contributed by atoms with E-state index in [4.69, 9.17) is 0 Å². The van der Waals surface area contributed by atoms with Crippen molar-refractivity contribution in [1.82, 2.24) is 4.72 Å². The number of sulfonamides is 1. The molecule has 0 aromatic heterocycles. The number of nitrogens with one attached hydrogen (secondary N) is 2. The van der Waals surface area contributed by atoms with Crippen LogP contribution < -0.4 is 10.0 Å². The van der Waals surface area contributed by atoms with Crippen molar-refractivity contribution in [2.75, 3.05) is 11.9 Å². The Morgan fingerprint density at radius 2 is 1.92 bits per heavy atom. The molecule has 3 rings (SSSR count). The van der Waals surface area contributed by atoms with Gasteiger partial charge >= 0.3 is 0 Å². The molecule has 0 unspecified atom stereocenters. The molecule has 1 aliphatic heterocycles. The predicted molar refractivity (Wildman–Crippen MR) is 97.4 cm³/mol. The van der Waals surface area contributed by atoms with Crippen LogP contribution in [0.4, 0.5) is 5.69 Å². The summed E-state index contributed by atoms with van der Waals surface area (Å²) in [6.07, 6.45) is 1.48. The van der Waals surface area contributed by atoms with E-state index in [9.17, 15) is 13.2 Å². The molecule has 2 aromatic rings. The van der Waals surface area contributed by atoms with Gasteiger partial charge in [-0.2, -0.15) is 0 Å². The molecular formula is C18H19N3O3S. The Labute approximate surface area is 147 Å². The van der Waals surface area contributed by atoms with E-state index < -0.39 is 10.0 Å². The van der Waals surface area contributed by atoms with E-state index in [-0.39, 0.29) is 10.8 Å². The van der Waals surface area contributed by atoms with Crippen LogP contribution in [0, 0.1) is 6.92 Å². The zero-order valence-corrected chi connectivity index (χ0v) is 14.6. The number of nitrogens with zero attached hydrogens (tertiary/aromatic N) is 1. The maximum absolute atomic E-state index is 12.4. The number of hydrogen-bond donors (Lipinski definition) is 2. The number of amides is 1. The van der Waals surface area contributed by atoms with Crippen LogP contribution in [-0.4, -0.2) is 26.7 Å². The molecule has 2 aromatic carbocycles. The van der Waals surface area contributed by atoms with Crippen LogP contribution in [0.5, 0.6) is 0 Å². The van der Waals surface area contributed by atoms with Crippen molar-refractivity contribution in [2.45, 2.75) is 24.7 Å². The Kier molecular flexibility index (Phi) is 4.85. The van der Waals surface area contributed by atoms with Gasteiger partial charge in [-0.15, -0.1) is 0 Å². The fourth-order valence-corrected chi connectivity index (χ4v) is 3.70. The highest BCUT2D eigenvalue weighted by Crippen LogP contribution is 2.17. The molecule has 7 heteroatoms. The molecule has 0 spiro atoms. The number of carbonyl (C=O) groups is 1. The van der Waals surface area contributed by atoms with Gasteiger partial charge in [-0.3, -0.25) is 14.5 Å². The van der Waals surface area contributed by atoms with E-state index >= 15 is 0 Å². The second kappa shape index (κ2) is 7.06. The van der Waals surface area contributed by atoms with Crippen LogP contribution in [0.25, 0.3) is 0 Å². The predicted octanol–water partition coefficient (Wildman–Crippen LogP) is 2.72. The minimum Gasteiger partial charge on any atom is -0.322 e. The van der Waals surface area contributed by atoms with Gasteiger partial charge in [-0.25, -0.2) is 8.42 Å². The van der Waals surface area contributed by atoms with Crippen LogP contribution in [0.2, 0.25) is 0 Å². The lowest BCUT2D eigenvalue weighted by Gasteiger charge is -2.10. The Morgan fingerprint density at radius 1 is 1.12 bits per heavy atom. The molecule has 25 heavy (non-hydrogen) atoms. The van der Waals surface area contributed by atoms with Crippen molar-refractivity contribution in [3.8, 4) is 0 Å². The average Bonchev–Trinajstić information content (AvgIpc) is 3.07. The van der Waals surface area contributed by atoms with Gasteiger partial charge in [-0.05, 0) is 43.7 Å². The number of benzene rings is 2. The van der Waals surface area contributed by atoms with Gasteiger partial charge in [0.25, 0.3) is 15.9 Å². The molecule has 1 heterocycles. The molecule has 0 atom stereocenters. The molecule has 2 N–H and O–H groups in total. The summed E-state index contributed by atoms with van der Waals surface area (Å²) in [6, 6.07) is 13.4. The summed E-state index contributed by atoms with van der Waals surface area (Å²) >= 11 is 0. The van der Waals surface area contributed by atoms with Crippen molar-refractivity contribution in [3.63, 3.8) is 0 Å². The summed E-state index contributed by atoms with van der Waals surface area (Å²) < 4.78 is 27.4. The largest absolute Gasteiger partial charge is 0.322 e. The maximum Gasteiger partial charge on any atom is 0.262 e. The van der Waals surface area contributed by atoms with Crippen molar-refractivity contribution < 1.29 is 13.2 Å². The number of anilines is 1. The summed E-state index contributed by atoms with van der Waals surface area (Å²) in [5.74, 6) is 0.195. The molecule has 1 aliphatic rings. The monoisotopic (exact) mass is 357 g/mol. The molecule has 0 aliphatic carbocycles. The molecule has 0 saturated heterocycles. The van der Waals surface area contributed by atoms with Gasteiger partial charge < -0.3 is 5.32 Å². The van der Waals surface area contributed by atoms with Crippen LogP contribution >= 0.6 is 0 Å². The summed E-state index contributed by atoms with van der Waals surface area (Å²) in [4.78, 5) is 16.5. The van der Waals surface area contributed by atoms with Crippen molar-refractivity contribution in [1.29, 1.82) is 0 Å². The normalized spacial score (nSPS) is 14.0. The Hall–Kier alpha value is -2.67. The van der Waals surface area contributed by atoms with Crippen molar-refractivity contribution in [2.24, 2.45) is 4.99 Å². The molecule has 130 valence electrons. The fraction of sp³-hybridized carbons (Fsp3) is 0.222. The lowest BCUT2D eigenvalue weighted by Crippen LogP contribution is -2.29. The number of aryl methyl sites for hydroxylation is 1. The van der Waals surface area contributed by atoms with E-state index in [1.165, 1.54) is 12.1 Å². The molecule has 0 bridgehead atoms. The van der Waals surface area contributed by atoms with Gasteiger partial charge in [0, 0.05) is 24.2 Å². The number of amidine groups is 1. The highest BCUT2D eigenvalue weighted by Gasteiger charge is 2.18. The van der Waals surface area contributed by atoms with E-state index in [1.807, 2.05) is 13.0 Å². The molecule has 0 fully saturated rings. The van der Waals surface area contributed by atoms with Crippen LogP contribution in [0.15, 0.2) is 58.4 Å². The third-order valence-corrected chi connectivity index (χ3v) is 5.19. The second-order valence-corrected chi connectivity index (χ2v) is 7.57. The first kappa shape index (κ1) is 17.2. The lowest BCUT2D eigenvalue weighted by molar-refractivity contribution is 0.102. The molecule has 0 saturated carbocycles. The number of hydrogen-bond acceptors (Lipinski definition) is 4. The number of aliphatic imine (C=N–C) groups is 1. The van der Waals surface area contributed by atoms with Crippen LogP contribution in [-0.2, 0) is 10.0 Å². The molecule has 0 radical (unpaired) electrons. The van der Waals surface area contributed by atoms with Crippen LogP contribution in [0.3, 0.4) is 0 Å². The van der Waals surface area contributed by atoms with Crippen molar-refractivity contribution >= 4 is 27.5 Å². The molecule has 6 nitrogen and oxygen atoms in total. The summed E-state index contributed by atoms with van der Waals surface area (Å²) in [5.41, 5.74) is 1.92. The fourth-order valence-electron chi connectivity index (χ4n) is 2.57.